The Bertz CT molecular complexity index is 1400. The molecule has 1 aromatic heterocycles. The fraction of sp³-hybridized carbons (Fsp3) is 0.0500. The first-order valence-corrected chi connectivity index (χ1v) is 11.6. The van der Waals surface area contributed by atoms with Gasteiger partial charge in [-0.25, -0.2) is 26.5 Å². The van der Waals surface area contributed by atoms with Gasteiger partial charge in [-0.3, -0.25) is 0 Å². The lowest BCUT2D eigenvalue weighted by atomic mass is 10.3. The summed E-state index contributed by atoms with van der Waals surface area (Å²) < 4.78 is 54.9. The molecule has 0 radical (unpaired) electrons. The summed E-state index contributed by atoms with van der Waals surface area (Å²) in [5.41, 5.74) is 0.970. The summed E-state index contributed by atoms with van der Waals surface area (Å²) >= 11 is 0. The Morgan fingerprint density at radius 2 is 1.34 bits per heavy atom. The number of sulfonamides is 1. The van der Waals surface area contributed by atoms with E-state index in [9.17, 15) is 16.8 Å². The molecule has 9 heteroatoms. The maximum Gasteiger partial charge on any atom is 0.264 e. The molecule has 0 atom stereocenters. The van der Waals surface area contributed by atoms with Gasteiger partial charge in [0, 0.05) is 7.05 Å². The van der Waals surface area contributed by atoms with E-state index < -0.39 is 19.9 Å². The Balaban J connectivity index is 1.75. The van der Waals surface area contributed by atoms with Crippen LogP contribution >= 0.6 is 0 Å². The third-order valence-electron chi connectivity index (χ3n) is 4.50. The SMILES string of the molecule is Cn1c(NS(=O)(=O)c2ccccc2)nc2cc(S(=O)(=O)c3ccccc3)ccc21. The van der Waals surface area contributed by atoms with Crippen LogP contribution in [0, 0.1) is 0 Å². The number of aryl methyl sites for hydroxylation is 1. The summed E-state index contributed by atoms with van der Waals surface area (Å²) in [7, 11) is -5.86. The highest BCUT2D eigenvalue weighted by Crippen LogP contribution is 2.26. The summed E-state index contributed by atoms with van der Waals surface area (Å²) in [6, 6.07) is 20.6. The average Bonchev–Trinajstić information content (AvgIpc) is 3.03. The Labute approximate surface area is 168 Å². The minimum atomic E-state index is -3.82. The molecular formula is C20H17N3O4S2. The third kappa shape index (κ3) is 3.50. The number of nitrogens with one attached hydrogen (secondary N) is 1. The first-order valence-electron chi connectivity index (χ1n) is 8.63. The Hall–Kier alpha value is -3.17. The van der Waals surface area contributed by atoms with E-state index in [0.29, 0.717) is 11.0 Å². The van der Waals surface area contributed by atoms with Gasteiger partial charge in [0.25, 0.3) is 10.0 Å². The number of sulfone groups is 1. The van der Waals surface area contributed by atoms with Crippen molar-refractivity contribution in [3.63, 3.8) is 0 Å². The van der Waals surface area contributed by atoms with Gasteiger partial charge in [0.1, 0.15) is 0 Å². The van der Waals surface area contributed by atoms with Crippen molar-refractivity contribution < 1.29 is 16.8 Å². The second-order valence-electron chi connectivity index (χ2n) is 6.38. The predicted octanol–water partition coefficient (Wildman–Crippen LogP) is 3.21. The molecule has 0 amide bonds. The highest BCUT2D eigenvalue weighted by atomic mass is 32.2. The van der Waals surface area contributed by atoms with Gasteiger partial charge in [-0.05, 0) is 42.5 Å². The number of anilines is 1. The van der Waals surface area contributed by atoms with Crippen LogP contribution in [0.4, 0.5) is 5.95 Å². The molecule has 4 rings (SSSR count). The van der Waals surface area contributed by atoms with Crippen LogP contribution in [0.2, 0.25) is 0 Å². The minimum absolute atomic E-state index is 0.0896. The zero-order valence-corrected chi connectivity index (χ0v) is 17.0. The number of hydrogen-bond acceptors (Lipinski definition) is 5. The zero-order chi connectivity index (χ0) is 20.6. The van der Waals surface area contributed by atoms with Gasteiger partial charge in [-0.15, -0.1) is 0 Å². The van der Waals surface area contributed by atoms with Crippen LogP contribution in [0.5, 0.6) is 0 Å². The molecule has 29 heavy (non-hydrogen) atoms. The normalized spacial score (nSPS) is 12.2. The molecule has 0 saturated heterocycles. The smallest absolute Gasteiger partial charge is 0.264 e. The summed E-state index contributed by atoms with van der Waals surface area (Å²) in [6.45, 7) is 0. The molecule has 148 valence electrons. The molecule has 0 bridgehead atoms. The van der Waals surface area contributed by atoms with E-state index in [1.165, 1.54) is 36.4 Å². The minimum Gasteiger partial charge on any atom is -0.313 e. The largest absolute Gasteiger partial charge is 0.313 e. The molecule has 1 heterocycles. The summed E-state index contributed by atoms with van der Waals surface area (Å²) in [6.07, 6.45) is 0. The molecule has 4 aromatic rings. The number of imidazole rings is 1. The van der Waals surface area contributed by atoms with E-state index in [-0.39, 0.29) is 20.6 Å². The van der Waals surface area contributed by atoms with Gasteiger partial charge in [-0.1, -0.05) is 36.4 Å². The van der Waals surface area contributed by atoms with Crippen molar-refractivity contribution in [2.24, 2.45) is 7.05 Å². The van der Waals surface area contributed by atoms with Crippen molar-refractivity contribution in [3.8, 4) is 0 Å². The topological polar surface area (TPSA) is 98.1 Å². The van der Waals surface area contributed by atoms with Crippen LogP contribution < -0.4 is 4.72 Å². The standard InChI is InChI=1S/C20H17N3O4S2/c1-23-19-13-12-17(28(24,25)15-8-4-2-5-9-15)14-18(19)21-20(23)22-29(26,27)16-10-6-3-7-11-16/h2-14H,1H3,(H,21,22). The molecule has 7 nitrogen and oxygen atoms in total. The number of rotatable bonds is 5. The van der Waals surface area contributed by atoms with Gasteiger partial charge in [0.15, 0.2) is 0 Å². The van der Waals surface area contributed by atoms with Crippen molar-refractivity contribution >= 4 is 36.8 Å². The van der Waals surface area contributed by atoms with Gasteiger partial charge >= 0.3 is 0 Å². The van der Waals surface area contributed by atoms with Crippen molar-refractivity contribution in [1.29, 1.82) is 0 Å². The lowest BCUT2D eigenvalue weighted by Crippen LogP contribution is -2.15. The molecule has 0 unspecified atom stereocenters. The van der Waals surface area contributed by atoms with Crippen molar-refractivity contribution in [2.75, 3.05) is 4.72 Å². The first-order chi connectivity index (χ1) is 13.8. The van der Waals surface area contributed by atoms with Crippen molar-refractivity contribution in [3.05, 3.63) is 78.9 Å². The number of hydrogen-bond donors (Lipinski definition) is 1. The summed E-state index contributed by atoms with van der Waals surface area (Å²) in [5, 5.41) is 0. The van der Waals surface area contributed by atoms with E-state index >= 15 is 0 Å². The Morgan fingerprint density at radius 3 is 1.97 bits per heavy atom. The van der Waals surface area contributed by atoms with Crippen molar-refractivity contribution in [1.82, 2.24) is 9.55 Å². The van der Waals surface area contributed by atoms with Crippen LogP contribution in [0.15, 0.2) is 93.5 Å². The summed E-state index contributed by atoms with van der Waals surface area (Å²) in [5.74, 6) is 0.0955. The predicted molar refractivity (Wildman–Crippen MR) is 110 cm³/mol. The number of aromatic nitrogens is 2. The van der Waals surface area contributed by atoms with E-state index in [1.54, 1.807) is 54.1 Å². The highest BCUT2D eigenvalue weighted by Gasteiger charge is 2.21. The quantitative estimate of drug-likeness (QED) is 0.527. The molecular weight excluding hydrogens is 410 g/mol. The van der Waals surface area contributed by atoms with E-state index in [2.05, 4.69) is 9.71 Å². The first kappa shape index (κ1) is 19.2. The average molecular weight is 428 g/mol. The monoisotopic (exact) mass is 427 g/mol. The Kier molecular flexibility index (Phi) is 4.64. The van der Waals surface area contributed by atoms with Crippen LogP contribution in [0.25, 0.3) is 11.0 Å². The molecule has 0 aliphatic heterocycles. The third-order valence-corrected chi connectivity index (χ3v) is 7.61. The van der Waals surface area contributed by atoms with Crippen LogP contribution in [0.1, 0.15) is 0 Å². The molecule has 0 saturated carbocycles. The van der Waals surface area contributed by atoms with Gasteiger partial charge < -0.3 is 4.57 Å². The zero-order valence-electron chi connectivity index (χ0n) is 15.3. The fourth-order valence-corrected chi connectivity index (χ4v) is 5.31. The van der Waals surface area contributed by atoms with E-state index in [0.717, 1.165) is 0 Å². The van der Waals surface area contributed by atoms with Gasteiger partial charge in [0.05, 0.1) is 25.7 Å². The molecule has 0 aliphatic carbocycles. The van der Waals surface area contributed by atoms with Crippen LogP contribution in [-0.2, 0) is 26.9 Å². The van der Waals surface area contributed by atoms with Crippen molar-refractivity contribution in [2.45, 2.75) is 14.7 Å². The molecule has 1 N–H and O–H groups in total. The maximum absolute atomic E-state index is 12.8. The number of benzene rings is 3. The molecule has 0 spiro atoms. The van der Waals surface area contributed by atoms with Crippen LogP contribution in [0.3, 0.4) is 0 Å². The second kappa shape index (κ2) is 7.02. The molecule has 0 fully saturated rings. The molecule has 0 aliphatic rings. The number of fused-ring (bicyclic) bond motifs is 1. The van der Waals surface area contributed by atoms with Gasteiger partial charge in [-0.2, -0.15) is 0 Å². The molecule has 3 aromatic carbocycles. The lowest BCUT2D eigenvalue weighted by Gasteiger charge is -2.07. The fourth-order valence-electron chi connectivity index (χ4n) is 2.95. The van der Waals surface area contributed by atoms with E-state index in [4.69, 9.17) is 0 Å². The second-order valence-corrected chi connectivity index (χ2v) is 10.0. The summed E-state index contributed by atoms with van der Waals surface area (Å²) in [4.78, 5) is 4.68. The van der Waals surface area contributed by atoms with Crippen LogP contribution in [-0.4, -0.2) is 26.4 Å². The van der Waals surface area contributed by atoms with E-state index in [1.807, 2.05) is 0 Å². The highest BCUT2D eigenvalue weighted by molar-refractivity contribution is 7.92. The maximum atomic E-state index is 12.8. The lowest BCUT2D eigenvalue weighted by molar-refractivity contribution is 0.595. The van der Waals surface area contributed by atoms with Gasteiger partial charge in [0.2, 0.25) is 15.8 Å². The Morgan fingerprint density at radius 1 is 0.759 bits per heavy atom. The number of nitrogens with zero attached hydrogens (tertiary/aromatic N) is 2.